The summed E-state index contributed by atoms with van der Waals surface area (Å²) in [5.74, 6) is -0.148. The van der Waals surface area contributed by atoms with Crippen LogP contribution in [0.15, 0.2) is 24.3 Å². The Morgan fingerprint density at radius 2 is 1.83 bits per heavy atom. The van der Waals surface area contributed by atoms with Gasteiger partial charge in [-0.2, -0.15) is 0 Å². The van der Waals surface area contributed by atoms with E-state index in [1.807, 2.05) is 0 Å². The molecule has 0 aliphatic carbocycles. The second-order valence-corrected chi connectivity index (χ2v) is 4.53. The largest absolute Gasteiger partial charge is 0.387 e. The number of amides is 1. The molecule has 1 aliphatic rings. The SMILES string of the molecule is N=C(N)C1CCN(C(=O)c2ccc(F)cc2)CC1. The van der Waals surface area contributed by atoms with Crippen LogP contribution in [0, 0.1) is 17.1 Å². The molecule has 0 unspecified atom stereocenters. The van der Waals surface area contributed by atoms with E-state index in [-0.39, 0.29) is 23.5 Å². The van der Waals surface area contributed by atoms with Crippen LogP contribution in [0.5, 0.6) is 0 Å². The maximum absolute atomic E-state index is 12.8. The molecule has 18 heavy (non-hydrogen) atoms. The number of carbonyl (C=O) groups excluding carboxylic acids is 1. The highest BCUT2D eigenvalue weighted by Crippen LogP contribution is 2.18. The molecule has 1 saturated heterocycles. The van der Waals surface area contributed by atoms with E-state index in [9.17, 15) is 9.18 Å². The summed E-state index contributed by atoms with van der Waals surface area (Å²) in [6, 6.07) is 5.56. The number of piperidine rings is 1. The normalized spacial score (nSPS) is 16.6. The first-order valence-corrected chi connectivity index (χ1v) is 5.96. The van der Waals surface area contributed by atoms with Crippen LogP contribution in [-0.4, -0.2) is 29.7 Å². The summed E-state index contributed by atoms with van der Waals surface area (Å²) >= 11 is 0. The smallest absolute Gasteiger partial charge is 0.253 e. The third-order valence-electron chi connectivity index (χ3n) is 3.31. The molecule has 4 nitrogen and oxygen atoms in total. The zero-order valence-electron chi connectivity index (χ0n) is 10.0. The van der Waals surface area contributed by atoms with Gasteiger partial charge in [0.1, 0.15) is 5.82 Å². The highest BCUT2D eigenvalue weighted by atomic mass is 19.1. The van der Waals surface area contributed by atoms with Crippen molar-refractivity contribution in [2.75, 3.05) is 13.1 Å². The summed E-state index contributed by atoms with van der Waals surface area (Å²) in [4.78, 5) is 13.8. The molecule has 1 aliphatic heterocycles. The van der Waals surface area contributed by atoms with Crippen LogP contribution in [0.3, 0.4) is 0 Å². The van der Waals surface area contributed by atoms with Crippen molar-refractivity contribution in [3.05, 3.63) is 35.6 Å². The maximum atomic E-state index is 12.8. The van der Waals surface area contributed by atoms with Gasteiger partial charge < -0.3 is 10.6 Å². The number of benzene rings is 1. The lowest BCUT2D eigenvalue weighted by Gasteiger charge is -2.31. The summed E-state index contributed by atoms with van der Waals surface area (Å²) in [5, 5.41) is 7.38. The lowest BCUT2D eigenvalue weighted by Crippen LogP contribution is -2.41. The van der Waals surface area contributed by atoms with Crippen molar-refractivity contribution in [1.29, 1.82) is 5.41 Å². The Morgan fingerprint density at radius 3 is 2.33 bits per heavy atom. The Bertz CT molecular complexity index is 450. The van der Waals surface area contributed by atoms with Crippen molar-refractivity contribution in [3.63, 3.8) is 0 Å². The Kier molecular flexibility index (Phi) is 3.60. The van der Waals surface area contributed by atoms with E-state index >= 15 is 0 Å². The Balaban J connectivity index is 1.99. The van der Waals surface area contributed by atoms with Gasteiger partial charge in [0.2, 0.25) is 0 Å². The molecule has 0 radical (unpaired) electrons. The summed E-state index contributed by atoms with van der Waals surface area (Å²) in [7, 11) is 0. The minimum absolute atomic E-state index is 0.0854. The van der Waals surface area contributed by atoms with Crippen molar-refractivity contribution >= 4 is 11.7 Å². The number of nitrogens with one attached hydrogen (secondary N) is 1. The van der Waals surface area contributed by atoms with E-state index in [0.29, 0.717) is 18.7 Å². The number of hydrogen-bond acceptors (Lipinski definition) is 2. The van der Waals surface area contributed by atoms with Crippen molar-refractivity contribution < 1.29 is 9.18 Å². The van der Waals surface area contributed by atoms with Crippen LogP contribution < -0.4 is 5.73 Å². The van der Waals surface area contributed by atoms with Crippen LogP contribution in [0.25, 0.3) is 0 Å². The van der Waals surface area contributed by atoms with Crippen LogP contribution in [0.1, 0.15) is 23.2 Å². The van der Waals surface area contributed by atoms with Gasteiger partial charge in [-0.25, -0.2) is 4.39 Å². The third-order valence-corrected chi connectivity index (χ3v) is 3.31. The fourth-order valence-corrected chi connectivity index (χ4v) is 2.17. The summed E-state index contributed by atoms with van der Waals surface area (Å²) in [5.41, 5.74) is 5.95. The van der Waals surface area contributed by atoms with Crippen LogP contribution in [0.4, 0.5) is 4.39 Å². The predicted octanol–water partition coefficient (Wildman–Crippen LogP) is 1.61. The van der Waals surface area contributed by atoms with Gasteiger partial charge in [-0.05, 0) is 37.1 Å². The molecule has 1 aromatic rings. The van der Waals surface area contributed by atoms with Gasteiger partial charge in [-0.15, -0.1) is 0 Å². The zero-order valence-corrected chi connectivity index (χ0v) is 10.0. The zero-order chi connectivity index (χ0) is 13.1. The topological polar surface area (TPSA) is 70.2 Å². The second kappa shape index (κ2) is 5.16. The number of nitrogens with two attached hydrogens (primary N) is 1. The first kappa shape index (κ1) is 12.5. The van der Waals surface area contributed by atoms with E-state index in [1.165, 1.54) is 24.3 Å². The summed E-state index contributed by atoms with van der Waals surface area (Å²) in [6.07, 6.45) is 1.45. The molecule has 1 amide bonds. The van der Waals surface area contributed by atoms with E-state index in [1.54, 1.807) is 4.90 Å². The molecule has 1 heterocycles. The van der Waals surface area contributed by atoms with Crippen molar-refractivity contribution in [3.8, 4) is 0 Å². The molecular formula is C13H16FN3O. The minimum Gasteiger partial charge on any atom is -0.387 e. The summed E-state index contributed by atoms with van der Waals surface area (Å²) in [6.45, 7) is 1.20. The predicted molar refractivity (Wildman–Crippen MR) is 66.9 cm³/mol. The van der Waals surface area contributed by atoms with Gasteiger partial charge in [0.15, 0.2) is 0 Å². The maximum Gasteiger partial charge on any atom is 0.253 e. The molecule has 0 atom stereocenters. The standard InChI is InChI=1S/C13H16FN3O/c14-11-3-1-10(2-4-11)13(18)17-7-5-9(6-8-17)12(15)16/h1-4,9H,5-8H2,(H3,15,16). The van der Waals surface area contributed by atoms with Gasteiger partial charge in [-0.1, -0.05) is 0 Å². The second-order valence-electron chi connectivity index (χ2n) is 4.53. The van der Waals surface area contributed by atoms with E-state index in [4.69, 9.17) is 11.1 Å². The van der Waals surface area contributed by atoms with E-state index in [2.05, 4.69) is 0 Å². The van der Waals surface area contributed by atoms with E-state index in [0.717, 1.165) is 12.8 Å². The van der Waals surface area contributed by atoms with E-state index < -0.39 is 0 Å². The highest BCUT2D eigenvalue weighted by molar-refractivity contribution is 5.94. The third kappa shape index (κ3) is 2.67. The number of hydrogen-bond donors (Lipinski definition) is 2. The molecule has 0 aromatic heterocycles. The lowest BCUT2D eigenvalue weighted by atomic mass is 9.95. The lowest BCUT2D eigenvalue weighted by molar-refractivity contribution is 0.0709. The monoisotopic (exact) mass is 249 g/mol. The summed E-state index contributed by atoms with van der Waals surface area (Å²) < 4.78 is 12.8. The van der Waals surface area contributed by atoms with Crippen molar-refractivity contribution in [2.45, 2.75) is 12.8 Å². The fraction of sp³-hybridized carbons (Fsp3) is 0.385. The molecule has 1 fully saturated rings. The van der Waals surface area contributed by atoms with Crippen LogP contribution in [-0.2, 0) is 0 Å². The molecule has 0 bridgehead atoms. The number of nitrogens with zero attached hydrogens (tertiary/aromatic N) is 1. The molecule has 1 aromatic carbocycles. The van der Waals surface area contributed by atoms with Gasteiger partial charge in [0.25, 0.3) is 5.91 Å². The first-order valence-electron chi connectivity index (χ1n) is 5.96. The number of amidine groups is 1. The number of rotatable bonds is 2. The molecule has 2 rings (SSSR count). The average molecular weight is 249 g/mol. The van der Waals surface area contributed by atoms with Crippen molar-refractivity contribution in [2.24, 2.45) is 11.7 Å². The quantitative estimate of drug-likeness (QED) is 0.617. The number of carbonyl (C=O) groups is 1. The Morgan fingerprint density at radius 1 is 1.28 bits per heavy atom. The molecule has 3 N–H and O–H groups in total. The van der Waals surface area contributed by atoms with Gasteiger partial charge in [-0.3, -0.25) is 10.2 Å². The molecule has 5 heteroatoms. The molecule has 0 saturated carbocycles. The fourth-order valence-electron chi connectivity index (χ4n) is 2.17. The number of halogens is 1. The molecular weight excluding hydrogens is 233 g/mol. The van der Waals surface area contributed by atoms with Crippen molar-refractivity contribution in [1.82, 2.24) is 4.90 Å². The van der Waals surface area contributed by atoms with Crippen LogP contribution in [0.2, 0.25) is 0 Å². The first-order chi connectivity index (χ1) is 8.58. The van der Waals surface area contributed by atoms with Crippen LogP contribution >= 0.6 is 0 Å². The minimum atomic E-state index is -0.346. The Labute approximate surface area is 105 Å². The Hall–Kier alpha value is -1.91. The molecule has 96 valence electrons. The van der Waals surface area contributed by atoms with Gasteiger partial charge in [0.05, 0.1) is 5.84 Å². The highest BCUT2D eigenvalue weighted by Gasteiger charge is 2.24. The van der Waals surface area contributed by atoms with Gasteiger partial charge in [0, 0.05) is 24.6 Å². The average Bonchev–Trinajstić information content (AvgIpc) is 2.39. The molecule has 0 spiro atoms. The number of likely N-dealkylation sites (tertiary alicyclic amines) is 1. The van der Waals surface area contributed by atoms with Gasteiger partial charge >= 0.3 is 0 Å².